The van der Waals surface area contributed by atoms with Crippen LogP contribution in [0.2, 0.25) is 0 Å². The first-order valence-electron chi connectivity index (χ1n) is 19.1. The second-order valence-corrected chi connectivity index (χ2v) is 16.0. The first kappa shape index (κ1) is 40.9. The number of hydrogen-bond acceptors (Lipinski definition) is 13. The number of morpholine rings is 1. The molecule has 1 saturated heterocycles. The summed E-state index contributed by atoms with van der Waals surface area (Å²) in [6, 6.07) is 14.6. The molecule has 0 radical (unpaired) electrons. The molecule has 0 amide bonds. The van der Waals surface area contributed by atoms with Crippen LogP contribution in [-0.2, 0) is 11.2 Å². The number of fused-ring (bicyclic) bond motifs is 1. The fourth-order valence-corrected chi connectivity index (χ4v) is 8.22. The summed E-state index contributed by atoms with van der Waals surface area (Å²) in [5.74, 6) is 5.69. The summed E-state index contributed by atoms with van der Waals surface area (Å²) in [5.41, 5.74) is 2.37. The lowest BCUT2D eigenvalue weighted by Gasteiger charge is -2.26. The fraction of sp³-hybridized carbons (Fsp3) is 0.439. The van der Waals surface area contributed by atoms with Crippen LogP contribution < -0.4 is 15.0 Å². The molecule has 4 heterocycles. The van der Waals surface area contributed by atoms with E-state index in [2.05, 4.69) is 42.2 Å². The maximum atomic E-state index is 14.8. The molecule has 1 fully saturated rings. The number of nitrogens with zero attached hydrogens (tertiary/aromatic N) is 7. The van der Waals surface area contributed by atoms with Crippen LogP contribution in [0.3, 0.4) is 0 Å². The van der Waals surface area contributed by atoms with Gasteiger partial charge >= 0.3 is 5.97 Å². The van der Waals surface area contributed by atoms with Crippen molar-refractivity contribution in [3.63, 3.8) is 0 Å². The predicted molar refractivity (Wildman–Crippen MR) is 222 cm³/mol. The molecule has 0 spiro atoms. The lowest BCUT2D eigenvalue weighted by Crippen LogP contribution is -2.36. The van der Waals surface area contributed by atoms with E-state index in [1.165, 1.54) is 17.4 Å². The third-order valence-corrected chi connectivity index (χ3v) is 11.3. The van der Waals surface area contributed by atoms with Gasteiger partial charge in [0.2, 0.25) is 0 Å². The van der Waals surface area contributed by atoms with Gasteiger partial charge in [0.25, 0.3) is 0 Å². The van der Waals surface area contributed by atoms with Crippen molar-refractivity contribution < 1.29 is 23.8 Å². The van der Waals surface area contributed by atoms with E-state index in [-0.39, 0.29) is 18.1 Å². The highest BCUT2D eigenvalue weighted by Crippen LogP contribution is 2.34. The van der Waals surface area contributed by atoms with E-state index >= 15 is 0 Å². The highest BCUT2D eigenvalue weighted by molar-refractivity contribution is 7.22. The number of anilines is 4. The van der Waals surface area contributed by atoms with Gasteiger partial charge in [0.1, 0.15) is 0 Å². The Hall–Kier alpha value is -4.72. The lowest BCUT2D eigenvalue weighted by molar-refractivity contribution is 0.0371. The smallest absolute Gasteiger partial charge is 0.355 e. The number of aryl methyl sites for hydroxylation is 2. The Morgan fingerprint density at radius 2 is 1.82 bits per heavy atom. The number of rotatable bonds is 19. The van der Waals surface area contributed by atoms with Gasteiger partial charge in [-0.2, -0.15) is 0 Å². The third kappa shape index (κ3) is 11.7. The highest BCUT2D eigenvalue weighted by Gasteiger charge is 2.23. The van der Waals surface area contributed by atoms with Crippen LogP contribution in [0.4, 0.5) is 26.3 Å². The molecular weight excluding hydrogens is 752 g/mol. The van der Waals surface area contributed by atoms with Crippen LogP contribution >= 0.6 is 22.7 Å². The SMILES string of the molecule is Cc1cc(N(CCCCCCCN2CCOCC2)c2nc(C(=O)O)c(CCCOc3ccc(C#CCN(C)C)cc3F)s2)nnc1Nc1nc2ccccc2s1. The average Bonchev–Trinajstić information content (AvgIpc) is 3.80. The molecule has 5 aromatic rings. The monoisotopic (exact) mass is 800 g/mol. The number of benzene rings is 2. The van der Waals surface area contributed by atoms with Gasteiger partial charge in [-0.25, -0.2) is 19.2 Å². The zero-order valence-electron chi connectivity index (χ0n) is 32.2. The van der Waals surface area contributed by atoms with Crippen molar-refractivity contribution in [2.24, 2.45) is 0 Å². The number of aromatic carboxylic acids is 1. The second-order valence-electron chi connectivity index (χ2n) is 13.9. The van der Waals surface area contributed by atoms with E-state index in [0.29, 0.717) is 53.1 Å². The molecule has 3 aromatic heterocycles. The molecule has 15 heteroatoms. The fourth-order valence-electron chi connectivity index (χ4n) is 6.22. The molecule has 12 nitrogen and oxygen atoms in total. The second kappa shape index (κ2) is 20.4. The summed E-state index contributed by atoms with van der Waals surface area (Å²) < 4.78 is 27.1. The van der Waals surface area contributed by atoms with Crippen LogP contribution in [0.5, 0.6) is 5.75 Å². The molecule has 0 atom stereocenters. The molecule has 0 saturated carbocycles. The average molecular weight is 801 g/mol. The number of carboxylic acids is 1. The minimum Gasteiger partial charge on any atom is -0.491 e. The van der Waals surface area contributed by atoms with Gasteiger partial charge in [-0.1, -0.05) is 54.6 Å². The summed E-state index contributed by atoms with van der Waals surface area (Å²) in [6.07, 6.45) is 6.18. The van der Waals surface area contributed by atoms with E-state index in [1.54, 1.807) is 23.5 Å². The van der Waals surface area contributed by atoms with Crippen LogP contribution in [0, 0.1) is 24.6 Å². The molecule has 0 bridgehead atoms. The Morgan fingerprint density at radius 1 is 1.02 bits per heavy atom. The summed E-state index contributed by atoms with van der Waals surface area (Å²) in [4.78, 5) is 28.7. The number of thiazole rings is 2. The van der Waals surface area contributed by atoms with Gasteiger partial charge < -0.3 is 24.8 Å². The maximum Gasteiger partial charge on any atom is 0.355 e. The normalized spacial score (nSPS) is 13.2. The van der Waals surface area contributed by atoms with Crippen LogP contribution in [-0.4, -0.2) is 108 Å². The number of aromatic nitrogens is 4. The Bertz CT molecular complexity index is 2090. The molecule has 296 valence electrons. The minimum atomic E-state index is -1.10. The van der Waals surface area contributed by atoms with Crippen molar-refractivity contribution in [3.05, 3.63) is 76.0 Å². The van der Waals surface area contributed by atoms with E-state index in [4.69, 9.17) is 9.47 Å². The number of halogens is 1. The van der Waals surface area contributed by atoms with Crippen molar-refractivity contribution in [2.45, 2.75) is 51.9 Å². The summed E-state index contributed by atoms with van der Waals surface area (Å²) >= 11 is 2.88. The van der Waals surface area contributed by atoms with Gasteiger partial charge in [0.05, 0.1) is 36.6 Å². The van der Waals surface area contributed by atoms with E-state index < -0.39 is 11.8 Å². The largest absolute Gasteiger partial charge is 0.491 e. The summed E-state index contributed by atoms with van der Waals surface area (Å²) in [5, 5.41) is 23.9. The van der Waals surface area contributed by atoms with E-state index in [9.17, 15) is 14.3 Å². The Kier molecular flexibility index (Phi) is 14.9. The van der Waals surface area contributed by atoms with Gasteiger partial charge in [0.15, 0.2) is 39.2 Å². The van der Waals surface area contributed by atoms with Crippen LogP contribution in [0.1, 0.15) is 65.0 Å². The lowest BCUT2D eigenvalue weighted by atomic mass is 10.1. The zero-order valence-corrected chi connectivity index (χ0v) is 33.9. The number of hydrogen-bond donors (Lipinski definition) is 2. The number of nitrogens with one attached hydrogen (secondary N) is 1. The van der Waals surface area contributed by atoms with Crippen molar-refractivity contribution in [2.75, 3.05) is 76.9 Å². The zero-order chi connectivity index (χ0) is 39.3. The molecule has 56 heavy (non-hydrogen) atoms. The quantitative estimate of drug-likeness (QED) is 0.0625. The molecule has 2 aromatic carbocycles. The first-order valence-corrected chi connectivity index (χ1v) is 20.7. The standard InChI is InChI=1S/C41H49FN8O4S2/c1-29-27-36(46-47-38(29)45-40-43-32-14-7-8-15-34(32)55-40)50(21-10-6-4-5-9-20-49-22-25-53-26-23-49)41-44-37(39(51)52)35(56-41)16-12-24-54-33-18-17-30(28-31(33)42)13-11-19-48(2)3/h7-8,14-15,17-18,27-28H,4-6,9-10,12,16,19-26H2,1-3H3,(H,51,52)(H,43,45,47). The van der Waals surface area contributed by atoms with E-state index in [1.807, 2.05) is 61.2 Å². The molecule has 0 aliphatic carbocycles. The number of unbranched alkanes of at least 4 members (excludes halogenated alkanes) is 4. The maximum absolute atomic E-state index is 14.8. The van der Waals surface area contributed by atoms with Crippen molar-refractivity contribution in [1.29, 1.82) is 0 Å². The molecule has 6 rings (SSSR count). The predicted octanol–water partition coefficient (Wildman–Crippen LogP) is 7.78. The van der Waals surface area contributed by atoms with Gasteiger partial charge in [0, 0.05) is 30.1 Å². The van der Waals surface area contributed by atoms with Crippen LogP contribution in [0.25, 0.3) is 10.2 Å². The van der Waals surface area contributed by atoms with Crippen LogP contribution in [0.15, 0.2) is 48.5 Å². The summed E-state index contributed by atoms with van der Waals surface area (Å²) in [7, 11) is 3.84. The summed E-state index contributed by atoms with van der Waals surface area (Å²) in [6.45, 7) is 8.09. The first-order chi connectivity index (χ1) is 27.2. The van der Waals surface area contributed by atoms with Gasteiger partial charge in [-0.3, -0.25) is 9.80 Å². The Morgan fingerprint density at radius 3 is 2.59 bits per heavy atom. The molecule has 1 aliphatic heterocycles. The van der Waals surface area contributed by atoms with Crippen molar-refractivity contribution in [1.82, 2.24) is 30.0 Å². The Balaban J connectivity index is 1.12. The van der Waals surface area contributed by atoms with Gasteiger partial charge in [-0.05, 0) is 95.2 Å². The number of ether oxygens (including phenoxy) is 2. The van der Waals surface area contributed by atoms with Crippen molar-refractivity contribution >= 4 is 60.8 Å². The van der Waals surface area contributed by atoms with E-state index in [0.717, 1.165) is 85.9 Å². The molecule has 2 N–H and O–H groups in total. The number of carbonyl (C=O) groups is 1. The van der Waals surface area contributed by atoms with Crippen molar-refractivity contribution in [3.8, 4) is 17.6 Å². The topological polar surface area (TPSA) is 129 Å². The van der Waals surface area contributed by atoms with Gasteiger partial charge in [-0.15, -0.1) is 21.5 Å². The number of para-hydroxylation sites is 1. The minimum absolute atomic E-state index is 0.00347. The molecular formula is C41H49FN8O4S2. The third-order valence-electron chi connectivity index (χ3n) is 9.21. The number of carboxylic acid groups (broad SMARTS) is 1. The molecule has 0 unspecified atom stereocenters. The highest BCUT2D eigenvalue weighted by atomic mass is 32.1. The molecule has 1 aliphatic rings. The Labute approximate surface area is 335 Å².